The normalized spacial score (nSPS) is 19.4. The van der Waals surface area contributed by atoms with Crippen LogP contribution in [0.2, 0.25) is 0 Å². The fourth-order valence-electron chi connectivity index (χ4n) is 2.46. The van der Waals surface area contributed by atoms with E-state index in [1.54, 1.807) is 0 Å². The Kier molecular flexibility index (Phi) is 2.90. The van der Waals surface area contributed by atoms with Gasteiger partial charge in [-0.05, 0) is 29.9 Å². The molecular formula is C14H23N. The zero-order valence-corrected chi connectivity index (χ0v) is 10.3. The quantitative estimate of drug-likeness (QED) is 0.644. The van der Waals surface area contributed by atoms with E-state index in [2.05, 4.69) is 43.8 Å². The van der Waals surface area contributed by atoms with Crippen molar-refractivity contribution in [2.45, 2.75) is 64.3 Å². The van der Waals surface area contributed by atoms with Gasteiger partial charge in [0.25, 0.3) is 0 Å². The largest absolute Gasteiger partial charge is 0.351 e. The van der Waals surface area contributed by atoms with Crippen LogP contribution in [0.3, 0.4) is 0 Å². The van der Waals surface area contributed by atoms with Crippen LogP contribution in [0.25, 0.3) is 0 Å². The molecule has 1 aromatic rings. The van der Waals surface area contributed by atoms with Gasteiger partial charge in [-0.3, -0.25) is 0 Å². The Morgan fingerprint density at radius 1 is 1.13 bits per heavy atom. The highest BCUT2D eigenvalue weighted by Gasteiger charge is 2.18. The Balaban J connectivity index is 2.12. The van der Waals surface area contributed by atoms with Crippen LogP contribution < -0.4 is 0 Å². The molecule has 1 aliphatic carbocycles. The minimum Gasteiger partial charge on any atom is -0.351 e. The van der Waals surface area contributed by atoms with Crippen molar-refractivity contribution in [3.05, 3.63) is 24.0 Å². The van der Waals surface area contributed by atoms with Gasteiger partial charge in [0.1, 0.15) is 0 Å². The van der Waals surface area contributed by atoms with Crippen LogP contribution in [0.1, 0.15) is 64.5 Å². The molecule has 1 aromatic heterocycles. The molecule has 0 saturated heterocycles. The summed E-state index contributed by atoms with van der Waals surface area (Å²) in [4.78, 5) is 0. The molecule has 0 bridgehead atoms. The molecule has 15 heavy (non-hydrogen) atoms. The van der Waals surface area contributed by atoms with Crippen LogP contribution in [0.4, 0.5) is 0 Å². The second kappa shape index (κ2) is 4.03. The molecule has 0 aromatic carbocycles. The molecule has 84 valence electrons. The van der Waals surface area contributed by atoms with Gasteiger partial charge in [0.2, 0.25) is 0 Å². The Morgan fingerprint density at radius 3 is 2.33 bits per heavy atom. The molecule has 1 fully saturated rings. The fourth-order valence-corrected chi connectivity index (χ4v) is 2.46. The van der Waals surface area contributed by atoms with Gasteiger partial charge in [0.15, 0.2) is 0 Å². The molecule has 0 N–H and O–H groups in total. The van der Waals surface area contributed by atoms with E-state index < -0.39 is 0 Å². The zero-order valence-electron chi connectivity index (χ0n) is 10.3. The molecule has 1 aliphatic rings. The summed E-state index contributed by atoms with van der Waals surface area (Å²) in [5, 5.41) is 0. The second-order valence-electron chi connectivity index (χ2n) is 5.89. The summed E-state index contributed by atoms with van der Waals surface area (Å²) in [7, 11) is 0. The van der Waals surface area contributed by atoms with E-state index in [1.165, 1.54) is 37.7 Å². The molecule has 2 rings (SSSR count). The van der Waals surface area contributed by atoms with E-state index in [0.717, 1.165) is 6.04 Å². The number of hydrogen-bond acceptors (Lipinski definition) is 0. The highest BCUT2D eigenvalue weighted by molar-refractivity contribution is 5.20. The van der Waals surface area contributed by atoms with Crippen molar-refractivity contribution in [3.8, 4) is 0 Å². The monoisotopic (exact) mass is 205 g/mol. The average molecular weight is 205 g/mol. The Labute approximate surface area is 93.5 Å². The minimum atomic E-state index is 0.292. The number of nitrogens with zero attached hydrogens (tertiary/aromatic N) is 1. The number of hydrogen-bond donors (Lipinski definition) is 0. The van der Waals surface area contributed by atoms with Crippen molar-refractivity contribution in [1.82, 2.24) is 4.57 Å². The summed E-state index contributed by atoms with van der Waals surface area (Å²) in [6.07, 6.45) is 11.6. The second-order valence-corrected chi connectivity index (χ2v) is 5.89. The zero-order chi connectivity index (χ0) is 10.9. The van der Waals surface area contributed by atoms with E-state index in [9.17, 15) is 0 Å². The molecule has 0 spiro atoms. The Hall–Kier alpha value is -0.720. The lowest BCUT2D eigenvalue weighted by Gasteiger charge is -2.23. The van der Waals surface area contributed by atoms with Crippen molar-refractivity contribution in [1.29, 1.82) is 0 Å². The first kappa shape index (κ1) is 10.8. The van der Waals surface area contributed by atoms with Gasteiger partial charge in [-0.25, -0.2) is 0 Å². The molecule has 0 atom stereocenters. The molecule has 1 heteroatoms. The Bertz CT molecular complexity index is 310. The lowest BCUT2D eigenvalue weighted by molar-refractivity contribution is 0.353. The van der Waals surface area contributed by atoms with Gasteiger partial charge in [0.05, 0.1) is 0 Å². The molecule has 0 unspecified atom stereocenters. The number of rotatable bonds is 1. The lowest BCUT2D eigenvalue weighted by atomic mass is 9.89. The van der Waals surface area contributed by atoms with Gasteiger partial charge in [-0.1, -0.05) is 40.0 Å². The third-order valence-electron chi connectivity index (χ3n) is 3.58. The lowest BCUT2D eigenvalue weighted by Crippen LogP contribution is -2.13. The van der Waals surface area contributed by atoms with Gasteiger partial charge in [-0.2, -0.15) is 0 Å². The minimum absolute atomic E-state index is 0.292. The first-order valence-electron chi connectivity index (χ1n) is 6.25. The number of aromatic nitrogens is 1. The van der Waals surface area contributed by atoms with Crippen LogP contribution in [0.15, 0.2) is 18.5 Å². The predicted molar refractivity (Wildman–Crippen MR) is 65.3 cm³/mol. The van der Waals surface area contributed by atoms with Gasteiger partial charge in [0, 0.05) is 18.4 Å². The Morgan fingerprint density at radius 2 is 1.80 bits per heavy atom. The topological polar surface area (TPSA) is 4.93 Å². The fraction of sp³-hybridized carbons (Fsp3) is 0.714. The van der Waals surface area contributed by atoms with Crippen LogP contribution in [-0.2, 0) is 5.41 Å². The summed E-state index contributed by atoms with van der Waals surface area (Å²) in [5.41, 5.74) is 1.76. The summed E-state index contributed by atoms with van der Waals surface area (Å²) < 4.78 is 2.44. The van der Waals surface area contributed by atoms with Gasteiger partial charge >= 0.3 is 0 Å². The molecule has 1 nitrogen and oxygen atoms in total. The van der Waals surface area contributed by atoms with E-state index in [0.29, 0.717) is 5.41 Å². The molecular weight excluding hydrogens is 182 g/mol. The maximum Gasteiger partial charge on any atom is 0.0330 e. The molecule has 0 radical (unpaired) electrons. The van der Waals surface area contributed by atoms with E-state index >= 15 is 0 Å². The van der Waals surface area contributed by atoms with Crippen LogP contribution in [-0.4, -0.2) is 4.57 Å². The first-order valence-corrected chi connectivity index (χ1v) is 6.25. The van der Waals surface area contributed by atoms with E-state index in [-0.39, 0.29) is 0 Å². The van der Waals surface area contributed by atoms with Crippen LogP contribution in [0, 0.1) is 0 Å². The highest BCUT2D eigenvalue weighted by Crippen LogP contribution is 2.30. The average Bonchev–Trinajstić information content (AvgIpc) is 2.67. The smallest absolute Gasteiger partial charge is 0.0330 e. The third-order valence-corrected chi connectivity index (χ3v) is 3.58. The summed E-state index contributed by atoms with van der Waals surface area (Å²) in [6, 6.07) is 3.06. The van der Waals surface area contributed by atoms with Gasteiger partial charge in [-0.15, -0.1) is 0 Å². The first-order chi connectivity index (χ1) is 7.07. The van der Waals surface area contributed by atoms with E-state index in [4.69, 9.17) is 0 Å². The maximum absolute atomic E-state index is 2.44. The molecule has 1 saturated carbocycles. The van der Waals surface area contributed by atoms with Crippen LogP contribution in [0.5, 0.6) is 0 Å². The van der Waals surface area contributed by atoms with Crippen molar-refractivity contribution >= 4 is 0 Å². The molecule has 0 amide bonds. The van der Waals surface area contributed by atoms with E-state index in [1.807, 2.05) is 0 Å². The summed E-state index contributed by atoms with van der Waals surface area (Å²) in [6.45, 7) is 6.86. The maximum atomic E-state index is 2.44. The SMILES string of the molecule is CC(C)(C)c1ccn(C2CCCCC2)c1. The van der Waals surface area contributed by atoms with Gasteiger partial charge < -0.3 is 4.57 Å². The van der Waals surface area contributed by atoms with Crippen molar-refractivity contribution in [3.63, 3.8) is 0 Å². The summed E-state index contributed by atoms with van der Waals surface area (Å²) in [5.74, 6) is 0. The van der Waals surface area contributed by atoms with Crippen molar-refractivity contribution in [2.75, 3.05) is 0 Å². The molecule has 1 heterocycles. The predicted octanol–water partition coefficient (Wildman–Crippen LogP) is 4.29. The third kappa shape index (κ3) is 2.45. The molecule has 0 aliphatic heterocycles. The summed E-state index contributed by atoms with van der Waals surface area (Å²) >= 11 is 0. The van der Waals surface area contributed by atoms with Crippen molar-refractivity contribution < 1.29 is 0 Å². The van der Waals surface area contributed by atoms with Crippen molar-refractivity contribution in [2.24, 2.45) is 0 Å². The van der Waals surface area contributed by atoms with Crippen LogP contribution >= 0.6 is 0 Å². The highest BCUT2D eigenvalue weighted by atomic mass is 15.0. The standard InChI is InChI=1S/C14H23N/c1-14(2,3)12-9-10-15(11-12)13-7-5-4-6-8-13/h9-11,13H,4-8H2,1-3H3.